The van der Waals surface area contributed by atoms with Crippen molar-refractivity contribution in [2.24, 2.45) is 7.05 Å². The molecule has 0 saturated heterocycles. The number of halogens is 1. The Morgan fingerprint density at radius 3 is 2.76 bits per heavy atom. The summed E-state index contributed by atoms with van der Waals surface area (Å²) in [7, 11) is 1.77. The molecule has 0 aliphatic rings. The van der Waals surface area contributed by atoms with Gasteiger partial charge >= 0.3 is 0 Å². The first-order chi connectivity index (χ1) is 8.09. The third-order valence-electron chi connectivity index (χ3n) is 2.50. The zero-order valence-electron chi connectivity index (χ0n) is 9.51. The molecule has 0 atom stereocenters. The van der Waals surface area contributed by atoms with Gasteiger partial charge in [0.15, 0.2) is 5.78 Å². The van der Waals surface area contributed by atoms with E-state index in [2.05, 4.69) is 15.3 Å². The minimum Gasteiger partial charge on any atom is -0.294 e. The van der Waals surface area contributed by atoms with Crippen molar-refractivity contribution in [3.63, 3.8) is 0 Å². The standard InChI is InChI=1S/C11H11ClN4O/c1-7-11(12)9(16(2)15-7)5-10(17)8-3-4-13-14-6-8/h3-4,6H,5H2,1-2H3. The third kappa shape index (κ3) is 2.34. The van der Waals surface area contributed by atoms with Crippen molar-refractivity contribution >= 4 is 17.4 Å². The molecule has 0 spiro atoms. The van der Waals surface area contributed by atoms with Crippen LogP contribution in [0.4, 0.5) is 0 Å². The number of ketones is 1. The van der Waals surface area contributed by atoms with Crippen molar-refractivity contribution in [3.8, 4) is 0 Å². The Kier molecular flexibility index (Phi) is 3.19. The fraction of sp³-hybridized carbons (Fsp3) is 0.273. The second-order valence-electron chi connectivity index (χ2n) is 3.70. The van der Waals surface area contributed by atoms with Gasteiger partial charge in [0.25, 0.3) is 0 Å². The lowest BCUT2D eigenvalue weighted by Gasteiger charge is -2.02. The summed E-state index contributed by atoms with van der Waals surface area (Å²) < 4.78 is 1.63. The van der Waals surface area contributed by atoms with Crippen molar-refractivity contribution in [2.45, 2.75) is 13.3 Å². The minimum atomic E-state index is -0.0511. The van der Waals surface area contributed by atoms with Gasteiger partial charge in [-0.25, -0.2) is 0 Å². The normalized spacial score (nSPS) is 10.5. The lowest BCUT2D eigenvalue weighted by molar-refractivity contribution is 0.0990. The number of nitrogens with zero attached hydrogens (tertiary/aromatic N) is 4. The summed E-state index contributed by atoms with van der Waals surface area (Å²) in [6.07, 6.45) is 3.14. The van der Waals surface area contributed by atoms with Crippen molar-refractivity contribution in [3.05, 3.63) is 40.4 Å². The van der Waals surface area contributed by atoms with Gasteiger partial charge < -0.3 is 0 Å². The van der Waals surface area contributed by atoms with E-state index in [0.29, 0.717) is 16.3 Å². The first kappa shape index (κ1) is 11.7. The number of carbonyl (C=O) groups excluding carboxylic acids is 1. The Labute approximate surface area is 103 Å². The molecular weight excluding hydrogens is 240 g/mol. The van der Waals surface area contributed by atoms with Crippen molar-refractivity contribution in [1.82, 2.24) is 20.0 Å². The number of aromatic nitrogens is 4. The van der Waals surface area contributed by atoms with Crippen LogP contribution in [0.25, 0.3) is 0 Å². The maximum Gasteiger partial charge on any atom is 0.170 e. The molecule has 0 aliphatic carbocycles. The number of Topliss-reactive ketones (excluding diaryl/α,β-unsaturated/α-hetero) is 1. The van der Waals surface area contributed by atoms with Gasteiger partial charge in [0.05, 0.1) is 35.2 Å². The molecule has 2 aromatic rings. The number of hydrogen-bond donors (Lipinski definition) is 0. The van der Waals surface area contributed by atoms with E-state index in [0.717, 1.165) is 5.69 Å². The predicted octanol–water partition coefficient (Wildman–Crippen LogP) is 1.60. The zero-order valence-corrected chi connectivity index (χ0v) is 10.3. The highest BCUT2D eigenvalue weighted by Crippen LogP contribution is 2.20. The molecule has 17 heavy (non-hydrogen) atoms. The van der Waals surface area contributed by atoms with E-state index in [4.69, 9.17) is 11.6 Å². The van der Waals surface area contributed by atoms with Crippen LogP contribution in [0.2, 0.25) is 5.02 Å². The Morgan fingerprint density at radius 1 is 1.47 bits per heavy atom. The summed E-state index contributed by atoms with van der Waals surface area (Å²) in [5.41, 5.74) is 1.96. The Morgan fingerprint density at radius 2 is 2.24 bits per heavy atom. The van der Waals surface area contributed by atoms with E-state index >= 15 is 0 Å². The molecule has 2 aromatic heterocycles. The maximum absolute atomic E-state index is 12.0. The first-order valence-electron chi connectivity index (χ1n) is 5.07. The molecule has 6 heteroatoms. The maximum atomic E-state index is 12.0. The van der Waals surface area contributed by atoms with Crippen LogP contribution >= 0.6 is 11.6 Å². The summed E-state index contributed by atoms with van der Waals surface area (Å²) in [5, 5.41) is 12.0. The topological polar surface area (TPSA) is 60.7 Å². The molecule has 0 aromatic carbocycles. The van der Waals surface area contributed by atoms with Crippen LogP contribution < -0.4 is 0 Å². The molecule has 88 valence electrons. The van der Waals surface area contributed by atoms with E-state index < -0.39 is 0 Å². The Hall–Kier alpha value is -1.75. The summed E-state index contributed by atoms with van der Waals surface area (Å²) in [4.78, 5) is 12.0. The van der Waals surface area contributed by atoms with Gasteiger partial charge in [-0.3, -0.25) is 9.48 Å². The largest absolute Gasteiger partial charge is 0.294 e. The Balaban J connectivity index is 2.25. The molecule has 2 rings (SSSR count). The molecule has 0 N–H and O–H groups in total. The highest BCUT2D eigenvalue weighted by atomic mass is 35.5. The van der Waals surface area contributed by atoms with Gasteiger partial charge in [-0.2, -0.15) is 15.3 Å². The summed E-state index contributed by atoms with van der Waals surface area (Å²) in [5.74, 6) is -0.0511. The lowest BCUT2D eigenvalue weighted by Crippen LogP contribution is -2.08. The van der Waals surface area contributed by atoms with E-state index in [9.17, 15) is 4.79 Å². The molecule has 0 aliphatic heterocycles. The number of rotatable bonds is 3. The zero-order chi connectivity index (χ0) is 12.4. The van der Waals surface area contributed by atoms with Gasteiger partial charge in [-0.15, -0.1) is 0 Å². The molecule has 0 saturated carbocycles. The average molecular weight is 251 g/mol. The monoisotopic (exact) mass is 250 g/mol. The van der Waals surface area contributed by atoms with E-state index in [1.165, 1.54) is 12.4 Å². The van der Waals surface area contributed by atoms with Crippen LogP contribution in [-0.4, -0.2) is 25.8 Å². The second kappa shape index (κ2) is 4.63. The predicted molar refractivity (Wildman–Crippen MR) is 63.0 cm³/mol. The minimum absolute atomic E-state index is 0.0511. The summed E-state index contributed by atoms with van der Waals surface area (Å²) in [6, 6.07) is 1.63. The summed E-state index contributed by atoms with van der Waals surface area (Å²) >= 11 is 6.08. The SMILES string of the molecule is Cc1nn(C)c(CC(=O)c2ccnnc2)c1Cl. The molecule has 0 radical (unpaired) electrons. The van der Waals surface area contributed by atoms with Crippen LogP contribution in [0.15, 0.2) is 18.5 Å². The molecule has 0 unspecified atom stereocenters. The highest BCUT2D eigenvalue weighted by molar-refractivity contribution is 6.32. The van der Waals surface area contributed by atoms with Crippen LogP contribution in [-0.2, 0) is 13.5 Å². The van der Waals surface area contributed by atoms with Crippen LogP contribution in [0.1, 0.15) is 21.7 Å². The molecule has 0 fully saturated rings. The fourth-order valence-electron chi connectivity index (χ4n) is 1.58. The van der Waals surface area contributed by atoms with E-state index in [1.807, 2.05) is 6.92 Å². The van der Waals surface area contributed by atoms with Crippen LogP contribution in [0, 0.1) is 6.92 Å². The third-order valence-corrected chi connectivity index (χ3v) is 2.99. The van der Waals surface area contributed by atoms with Gasteiger partial charge in [-0.05, 0) is 13.0 Å². The van der Waals surface area contributed by atoms with Gasteiger partial charge in [-0.1, -0.05) is 11.6 Å². The first-order valence-corrected chi connectivity index (χ1v) is 5.45. The van der Waals surface area contributed by atoms with E-state index in [1.54, 1.807) is 17.8 Å². The van der Waals surface area contributed by atoms with Crippen LogP contribution in [0.5, 0.6) is 0 Å². The van der Waals surface area contributed by atoms with Gasteiger partial charge in [0.1, 0.15) is 0 Å². The quantitative estimate of drug-likeness (QED) is 0.777. The molecular formula is C11H11ClN4O. The number of carbonyl (C=O) groups is 1. The number of aryl methyl sites for hydroxylation is 2. The van der Waals surface area contributed by atoms with Gasteiger partial charge in [0, 0.05) is 12.6 Å². The Bertz CT molecular complexity index is 550. The number of hydrogen-bond acceptors (Lipinski definition) is 4. The fourth-order valence-corrected chi connectivity index (χ4v) is 1.81. The van der Waals surface area contributed by atoms with E-state index in [-0.39, 0.29) is 12.2 Å². The molecule has 2 heterocycles. The molecule has 5 nitrogen and oxygen atoms in total. The second-order valence-corrected chi connectivity index (χ2v) is 4.08. The molecule has 0 amide bonds. The molecule has 0 bridgehead atoms. The lowest BCUT2D eigenvalue weighted by atomic mass is 10.1. The van der Waals surface area contributed by atoms with Gasteiger partial charge in [0.2, 0.25) is 0 Å². The van der Waals surface area contributed by atoms with Crippen LogP contribution in [0.3, 0.4) is 0 Å². The van der Waals surface area contributed by atoms with Crippen molar-refractivity contribution in [2.75, 3.05) is 0 Å². The summed E-state index contributed by atoms with van der Waals surface area (Å²) in [6.45, 7) is 1.81. The van der Waals surface area contributed by atoms with Crippen molar-refractivity contribution < 1.29 is 4.79 Å². The smallest absolute Gasteiger partial charge is 0.170 e. The highest BCUT2D eigenvalue weighted by Gasteiger charge is 2.15. The van der Waals surface area contributed by atoms with Crippen molar-refractivity contribution in [1.29, 1.82) is 0 Å². The average Bonchev–Trinajstić information content (AvgIpc) is 2.57.